The van der Waals surface area contributed by atoms with Gasteiger partial charge in [0.1, 0.15) is 0 Å². The molecular formula is C19H19NO5. The van der Waals surface area contributed by atoms with E-state index in [1.165, 1.54) is 31.4 Å². The molecule has 130 valence electrons. The lowest BCUT2D eigenvalue weighted by Gasteiger charge is -2.14. The van der Waals surface area contributed by atoms with E-state index >= 15 is 0 Å². The van der Waals surface area contributed by atoms with Crippen molar-refractivity contribution in [3.63, 3.8) is 0 Å². The zero-order chi connectivity index (χ0) is 18.2. The number of amides is 1. The lowest BCUT2D eigenvalue weighted by atomic mass is 10.1. The Kier molecular flexibility index (Phi) is 6.28. The van der Waals surface area contributed by atoms with E-state index in [-0.39, 0.29) is 18.2 Å². The third kappa shape index (κ3) is 5.17. The van der Waals surface area contributed by atoms with Crippen LogP contribution in [-0.4, -0.2) is 31.6 Å². The van der Waals surface area contributed by atoms with Gasteiger partial charge >= 0.3 is 11.9 Å². The average molecular weight is 341 g/mol. The average Bonchev–Trinajstić information content (AvgIpc) is 2.66. The van der Waals surface area contributed by atoms with Gasteiger partial charge in [-0.25, -0.2) is 9.59 Å². The number of ether oxygens (including phenoxy) is 2. The molecule has 0 saturated heterocycles. The molecule has 1 N–H and O–H groups in total. The highest BCUT2D eigenvalue weighted by atomic mass is 16.5. The van der Waals surface area contributed by atoms with Gasteiger partial charge in [-0.3, -0.25) is 4.79 Å². The summed E-state index contributed by atoms with van der Waals surface area (Å²) in [4.78, 5) is 35.2. The van der Waals surface area contributed by atoms with E-state index in [1.54, 1.807) is 0 Å². The highest BCUT2D eigenvalue weighted by Crippen LogP contribution is 2.11. The van der Waals surface area contributed by atoms with Crippen molar-refractivity contribution in [3.8, 4) is 0 Å². The van der Waals surface area contributed by atoms with E-state index in [0.717, 1.165) is 5.56 Å². The molecule has 0 fully saturated rings. The first-order chi connectivity index (χ1) is 12.0. The van der Waals surface area contributed by atoms with E-state index in [2.05, 4.69) is 10.1 Å². The summed E-state index contributed by atoms with van der Waals surface area (Å²) in [5, 5.41) is 2.76. The Morgan fingerprint density at radius 1 is 0.920 bits per heavy atom. The maximum absolute atomic E-state index is 11.9. The number of benzene rings is 2. The summed E-state index contributed by atoms with van der Waals surface area (Å²) >= 11 is 0. The van der Waals surface area contributed by atoms with E-state index in [4.69, 9.17) is 4.74 Å². The number of esters is 2. The van der Waals surface area contributed by atoms with Crippen molar-refractivity contribution in [3.05, 3.63) is 71.3 Å². The Labute approximate surface area is 145 Å². The SMILES string of the molecule is COC(=O)c1ccc(C(=O)OCC(=O)N[C@H](C)c2ccccc2)cc1. The third-order valence-electron chi connectivity index (χ3n) is 3.55. The van der Waals surface area contributed by atoms with Crippen LogP contribution in [0.15, 0.2) is 54.6 Å². The molecule has 0 aliphatic carbocycles. The summed E-state index contributed by atoms with van der Waals surface area (Å²) in [7, 11) is 1.28. The fourth-order valence-electron chi connectivity index (χ4n) is 2.18. The first-order valence-corrected chi connectivity index (χ1v) is 7.71. The van der Waals surface area contributed by atoms with Gasteiger partial charge in [0.25, 0.3) is 5.91 Å². The Hall–Kier alpha value is -3.15. The summed E-state index contributed by atoms with van der Waals surface area (Å²) in [6.07, 6.45) is 0. The molecule has 6 nitrogen and oxygen atoms in total. The molecule has 25 heavy (non-hydrogen) atoms. The van der Waals surface area contributed by atoms with Crippen LogP contribution in [0.4, 0.5) is 0 Å². The summed E-state index contributed by atoms with van der Waals surface area (Å²) in [6, 6.07) is 15.1. The zero-order valence-electron chi connectivity index (χ0n) is 14.0. The van der Waals surface area contributed by atoms with Crippen molar-refractivity contribution in [2.75, 3.05) is 13.7 Å². The van der Waals surface area contributed by atoms with Gasteiger partial charge in [0.15, 0.2) is 6.61 Å². The smallest absolute Gasteiger partial charge is 0.338 e. The van der Waals surface area contributed by atoms with Gasteiger partial charge in [-0.1, -0.05) is 30.3 Å². The number of nitrogens with one attached hydrogen (secondary N) is 1. The van der Waals surface area contributed by atoms with Gasteiger partial charge in [0.05, 0.1) is 24.3 Å². The van der Waals surface area contributed by atoms with E-state index in [0.29, 0.717) is 5.56 Å². The predicted octanol–water partition coefficient (Wildman–Crippen LogP) is 2.51. The Morgan fingerprint density at radius 2 is 1.48 bits per heavy atom. The van der Waals surface area contributed by atoms with Crippen molar-refractivity contribution >= 4 is 17.8 Å². The van der Waals surface area contributed by atoms with Crippen LogP contribution in [0.2, 0.25) is 0 Å². The number of methoxy groups -OCH3 is 1. The molecular weight excluding hydrogens is 322 g/mol. The van der Waals surface area contributed by atoms with Crippen molar-refractivity contribution in [2.24, 2.45) is 0 Å². The fourth-order valence-corrected chi connectivity index (χ4v) is 2.18. The summed E-state index contributed by atoms with van der Waals surface area (Å²) in [6.45, 7) is 1.47. The van der Waals surface area contributed by atoms with Crippen molar-refractivity contribution in [1.29, 1.82) is 0 Å². The number of hydrogen-bond acceptors (Lipinski definition) is 5. The fraction of sp³-hybridized carbons (Fsp3) is 0.211. The molecule has 0 aliphatic heterocycles. The minimum atomic E-state index is -0.640. The standard InChI is InChI=1S/C19H19NO5/c1-13(14-6-4-3-5-7-14)20-17(21)12-25-19(23)16-10-8-15(9-11-16)18(22)24-2/h3-11,13H,12H2,1-2H3,(H,20,21)/t13-/m1/s1. The number of rotatable bonds is 6. The van der Waals surface area contributed by atoms with Crippen LogP contribution in [0, 0.1) is 0 Å². The van der Waals surface area contributed by atoms with Gasteiger partial charge in [0.2, 0.25) is 0 Å². The van der Waals surface area contributed by atoms with Crippen molar-refractivity contribution < 1.29 is 23.9 Å². The minimum Gasteiger partial charge on any atom is -0.465 e. The maximum atomic E-state index is 11.9. The van der Waals surface area contributed by atoms with Crippen LogP contribution in [0.5, 0.6) is 0 Å². The molecule has 0 unspecified atom stereocenters. The molecule has 2 aromatic rings. The van der Waals surface area contributed by atoms with Crippen LogP contribution < -0.4 is 5.32 Å². The molecule has 1 atom stereocenters. The highest BCUT2D eigenvalue weighted by Gasteiger charge is 2.14. The molecule has 0 heterocycles. The second kappa shape index (κ2) is 8.63. The number of hydrogen-bond donors (Lipinski definition) is 1. The summed E-state index contributed by atoms with van der Waals surface area (Å²) in [5.74, 6) is -1.52. The van der Waals surface area contributed by atoms with Crippen LogP contribution in [0.3, 0.4) is 0 Å². The molecule has 1 amide bonds. The lowest BCUT2D eigenvalue weighted by Crippen LogP contribution is -2.31. The molecule has 2 rings (SSSR count). The molecule has 2 aromatic carbocycles. The molecule has 0 aliphatic rings. The molecule has 0 bridgehead atoms. The Morgan fingerprint density at radius 3 is 2.04 bits per heavy atom. The predicted molar refractivity (Wildman–Crippen MR) is 91.1 cm³/mol. The van der Waals surface area contributed by atoms with Gasteiger partial charge in [-0.2, -0.15) is 0 Å². The van der Waals surface area contributed by atoms with Crippen molar-refractivity contribution in [2.45, 2.75) is 13.0 Å². The monoisotopic (exact) mass is 341 g/mol. The van der Waals surface area contributed by atoms with E-state index in [9.17, 15) is 14.4 Å². The van der Waals surface area contributed by atoms with Gasteiger partial charge < -0.3 is 14.8 Å². The topological polar surface area (TPSA) is 81.7 Å². The van der Waals surface area contributed by atoms with E-state index in [1.807, 2.05) is 37.3 Å². The Balaban J connectivity index is 1.85. The molecule has 0 saturated carbocycles. The number of carbonyl (C=O) groups excluding carboxylic acids is 3. The maximum Gasteiger partial charge on any atom is 0.338 e. The van der Waals surface area contributed by atoms with Crippen LogP contribution in [0.25, 0.3) is 0 Å². The second-order valence-electron chi connectivity index (χ2n) is 5.34. The largest absolute Gasteiger partial charge is 0.465 e. The third-order valence-corrected chi connectivity index (χ3v) is 3.55. The first-order valence-electron chi connectivity index (χ1n) is 7.71. The van der Waals surface area contributed by atoms with Crippen molar-refractivity contribution in [1.82, 2.24) is 5.32 Å². The lowest BCUT2D eigenvalue weighted by molar-refractivity contribution is -0.124. The van der Waals surface area contributed by atoms with E-state index < -0.39 is 17.8 Å². The molecule has 0 spiro atoms. The van der Waals surface area contributed by atoms with Gasteiger partial charge in [0, 0.05) is 0 Å². The zero-order valence-corrected chi connectivity index (χ0v) is 14.0. The summed E-state index contributed by atoms with van der Waals surface area (Å²) in [5.41, 5.74) is 1.53. The summed E-state index contributed by atoms with van der Waals surface area (Å²) < 4.78 is 9.57. The molecule has 6 heteroatoms. The van der Waals surface area contributed by atoms with Crippen LogP contribution in [-0.2, 0) is 14.3 Å². The second-order valence-corrected chi connectivity index (χ2v) is 5.34. The van der Waals surface area contributed by atoms with Crippen LogP contribution >= 0.6 is 0 Å². The van der Waals surface area contributed by atoms with Gasteiger partial charge in [-0.15, -0.1) is 0 Å². The number of carbonyl (C=O) groups is 3. The molecule has 0 radical (unpaired) electrons. The Bertz CT molecular complexity index is 740. The minimum absolute atomic E-state index is 0.188. The first kappa shape index (κ1) is 18.2. The quantitative estimate of drug-likeness (QED) is 0.817. The van der Waals surface area contributed by atoms with Gasteiger partial charge in [-0.05, 0) is 36.8 Å². The normalized spacial score (nSPS) is 11.3. The highest BCUT2D eigenvalue weighted by molar-refractivity contribution is 5.94. The van der Waals surface area contributed by atoms with Crippen LogP contribution in [0.1, 0.15) is 39.2 Å². The molecule has 0 aromatic heterocycles.